The van der Waals surface area contributed by atoms with Crippen molar-refractivity contribution in [2.24, 2.45) is 0 Å². The summed E-state index contributed by atoms with van der Waals surface area (Å²) in [4.78, 5) is 22.5. The van der Waals surface area contributed by atoms with Gasteiger partial charge >= 0.3 is 5.97 Å². The normalized spacial score (nSPS) is 11.1. The average molecular weight is 252 g/mol. The fourth-order valence-corrected chi connectivity index (χ4v) is 1.83. The van der Waals surface area contributed by atoms with Gasteiger partial charge in [0.05, 0.1) is 12.3 Å². The van der Waals surface area contributed by atoms with Crippen molar-refractivity contribution in [1.29, 1.82) is 0 Å². The summed E-state index contributed by atoms with van der Waals surface area (Å²) in [5.41, 5.74) is 0. The summed E-state index contributed by atoms with van der Waals surface area (Å²) in [5.74, 6) is -1.69. The molecule has 0 bridgehead atoms. The maximum absolute atomic E-state index is 11.3. The molecule has 16 heavy (non-hydrogen) atoms. The van der Waals surface area contributed by atoms with E-state index in [1.165, 1.54) is 19.0 Å². The molecule has 1 amide bonds. The van der Waals surface area contributed by atoms with Gasteiger partial charge in [-0.1, -0.05) is 0 Å². The number of hydrogen-bond donors (Lipinski definition) is 2. The van der Waals surface area contributed by atoms with E-state index < -0.39 is 16.0 Å². The summed E-state index contributed by atoms with van der Waals surface area (Å²) in [7, 11) is -0.537. The van der Waals surface area contributed by atoms with E-state index in [9.17, 15) is 18.0 Å². The Hall–Kier alpha value is -1.15. The Bertz CT molecular complexity index is 349. The lowest BCUT2D eigenvalue weighted by atomic mass is 10.3. The van der Waals surface area contributed by atoms with Crippen LogP contribution in [0.15, 0.2) is 0 Å². The Labute approximate surface area is 94.5 Å². The zero-order chi connectivity index (χ0) is 12.8. The minimum Gasteiger partial charge on any atom is -0.481 e. The second-order valence-corrected chi connectivity index (χ2v) is 5.35. The number of carboxylic acid groups (broad SMARTS) is 1. The number of carbonyl (C=O) groups excluding carboxylic acids is 1. The summed E-state index contributed by atoms with van der Waals surface area (Å²) in [6, 6.07) is 0. The van der Waals surface area contributed by atoms with Gasteiger partial charge in [-0.2, -0.15) is 0 Å². The molecule has 0 saturated heterocycles. The zero-order valence-electron chi connectivity index (χ0n) is 9.26. The first-order valence-electron chi connectivity index (χ1n) is 4.64. The number of amides is 1. The van der Waals surface area contributed by atoms with Gasteiger partial charge < -0.3 is 10.0 Å². The van der Waals surface area contributed by atoms with E-state index in [0.717, 1.165) is 0 Å². The van der Waals surface area contributed by atoms with Gasteiger partial charge in [-0.15, -0.1) is 0 Å². The quantitative estimate of drug-likeness (QED) is 0.596. The number of aliphatic carboxylic acids is 1. The smallest absolute Gasteiger partial charge is 0.303 e. The van der Waals surface area contributed by atoms with E-state index in [2.05, 4.69) is 4.72 Å². The Kier molecular flexibility index (Phi) is 5.97. The van der Waals surface area contributed by atoms with Crippen LogP contribution in [0.25, 0.3) is 0 Å². The molecule has 0 aliphatic carbocycles. The number of nitrogens with one attached hydrogen (secondary N) is 1. The van der Waals surface area contributed by atoms with Gasteiger partial charge in [0.15, 0.2) is 0 Å². The van der Waals surface area contributed by atoms with E-state index in [0.29, 0.717) is 0 Å². The molecule has 0 aliphatic rings. The molecule has 0 aromatic rings. The van der Waals surface area contributed by atoms with Gasteiger partial charge in [-0.3, -0.25) is 9.59 Å². The maximum atomic E-state index is 11.3. The van der Waals surface area contributed by atoms with Gasteiger partial charge in [-0.25, -0.2) is 13.1 Å². The van der Waals surface area contributed by atoms with E-state index in [4.69, 9.17) is 5.11 Å². The summed E-state index contributed by atoms with van der Waals surface area (Å²) >= 11 is 0. The van der Waals surface area contributed by atoms with Crippen LogP contribution in [0.1, 0.15) is 12.8 Å². The highest BCUT2D eigenvalue weighted by Gasteiger charge is 2.13. The third kappa shape index (κ3) is 7.18. The molecule has 0 saturated carbocycles. The first kappa shape index (κ1) is 14.8. The minimum absolute atomic E-state index is 0.0286. The highest BCUT2D eigenvalue weighted by atomic mass is 32.2. The summed E-state index contributed by atoms with van der Waals surface area (Å²) in [6.45, 7) is -0.303. The van der Waals surface area contributed by atoms with E-state index in [1.807, 2.05) is 0 Å². The molecule has 94 valence electrons. The number of likely N-dealkylation sites (N-methyl/N-ethyl adjacent to an activating group) is 1. The molecule has 0 unspecified atom stereocenters. The molecule has 0 aromatic heterocycles. The van der Waals surface area contributed by atoms with Crippen molar-refractivity contribution in [3.05, 3.63) is 0 Å². The van der Waals surface area contributed by atoms with Crippen molar-refractivity contribution in [3.8, 4) is 0 Å². The van der Waals surface area contributed by atoms with E-state index >= 15 is 0 Å². The van der Waals surface area contributed by atoms with Gasteiger partial charge in [0.1, 0.15) is 0 Å². The van der Waals surface area contributed by atoms with Crippen LogP contribution in [-0.4, -0.2) is 56.7 Å². The Morgan fingerprint density at radius 1 is 1.31 bits per heavy atom. The molecule has 0 atom stereocenters. The molecule has 7 nitrogen and oxygen atoms in total. The second kappa shape index (κ2) is 6.44. The van der Waals surface area contributed by atoms with Crippen LogP contribution < -0.4 is 4.72 Å². The topological polar surface area (TPSA) is 104 Å². The van der Waals surface area contributed by atoms with Crippen LogP contribution in [-0.2, 0) is 19.6 Å². The molecule has 8 heteroatoms. The lowest BCUT2D eigenvalue weighted by molar-refractivity contribution is -0.137. The predicted octanol–water partition coefficient (Wildman–Crippen LogP) is -1.14. The molecule has 0 aromatic carbocycles. The van der Waals surface area contributed by atoms with Crippen LogP contribution in [0.2, 0.25) is 0 Å². The highest BCUT2D eigenvalue weighted by Crippen LogP contribution is 1.94. The molecule has 0 aliphatic heterocycles. The first-order chi connectivity index (χ1) is 7.24. The zero-order valence-corrected chi connectivity index (χ0v) is 10.1. The molecule has 2 N–H and O–H groups in total. The summed E-state index contributed by atoms with van der Waals surface area (Å²) in [6.07, 6.45) is -0.177. The Morgan fingerprint density at radius 3 is 2.31 bits per heavy atom. The number of hydrogen-bond acceptors (Lipinski definition) is 4. The van der Waals surface area contributed by atoms with E-state index in [1.54, 1.807) is 0 Å². The van der Waals surface area contributed by atoms with Crippen molar-refractivity contribution in [1.82, 2.24) is 9.62 Å². The average Bonchev–Trinajstić information content (AvgIpc) is 2.13. The van der Waals surface area contributed by atoms with Crippen LogP contribution in [0.3, 0.4) is 0 Å². The largest absolute Gasteiger partial charge is 0.481 e. The van der Waals surface area contributed by atoms with Crippen molar-refractivity contribution in [2.45, 2.75) is 12.8 Å². The number of carboxylic acids is 1. The Balaban J connectivity index is 3.97. The van der Waals surface area contributed by atoms with Crippen molar-refractivity contribution < 1.29 is 23.1 Å². The van der Waals surface area contributed by atoms with Crippen molar-refractivity contribution >= 4 is 21.9 Å². The molecule has 0 fully saturated rings. The van der Waals surface area contributed by atoms with Crippen molar-refractivity contribution in [2.75, 3.05) is 26.4 Å². The summed E-state index contributed by atoms with van der Waals surface area (Å²) < 4.78 is 24.6. The first-order valence-corrected chi connectivity index (χ1v) is 6.29. The van der Waals surface area contributed by atoms with Crippen molar-refractivity contribution in [3.63, 3.8) is 0 Å². The fraction of sp³-hybridized carbons (Fsp3) is 0.750. The predicted molar refractivity (Wildman–Crippen MR) is 57.4 cm³/mol. The fourth-order valence-electron chi connectivity index (χ4n) is 0.815. The van der Waals surface area contributed by atoms with Crippen LogP contribution in [0.5, 0.6) is 0 Å². The number of sulfonamides is 1. The number of nitrogens with zero attached hydrogens (tertiary/aromatic N) is 1. The Morgan fingerprint density at radius 2 is 1.88 bits per heavy atom. The molecule has 0 rings (SSSR count). The van der Waals surface area contributed by atoms with Gasteiger partial charge in [0.25, 0.3) is 0 Å². The lowest BCUT2D eigenvalue weighted by Gasteiger charge is -2.10. The van der Waals surface area contributed by atoms with E-state index in [-0.39, 0.29) is 31.0 Å². The molecule has 0 spiro atoms. The van der Waals surface area contributed by atoms with Crippen LogP contribution >= 0.6 is 0 Å². The van der Waals surface area contributed by atoms with Gasteiger partial charge in [-0.05, 0) is 6.42 Å². The van der Waals surface area contributed by atoms with Crippen LogP contribution in [0.4, 0.5) is 0 Å². The molecule has 0 heterocycles. The SMILES string of the molecule is CN(C)C(=O)CNS(=O)(=O)CCCC(=O)O. The summed E-state index contributed by atoms with van der Waals surface area (Å²) in [5, 5.41) is 8.33. The standard InChI is InChI=1S/C8H16N2O5S/c1-10(2)7(11)6-9-16(14,15)5-3-4-8(12)13/h9H,3-6H2,1-2H3,(H,12,13). The lowest BCUT2D eigenvalue weighted by Crippen LogP contribution is -2.37. The maximum Gasteiger partial charge on any atom is 0.303 e. The number of rotatable bonds is 7. The van der Waals surface area contributed by atoms with Crippen LogP contribution in [0, 0.1) is 0 Å². The monoisotopic (exact) mass is 252 g/mol. The molecular formula is C8H16N2O5S. The van der Waals surface area contributed by atoms with Gasteiger partial charge in [0.2, 0.25) is 15.9 Å². The molecule has 0 radical (unpaired) electrons. The number of carbonyl (C=O) groups is 2. The highest BCUT2D eigenvalue weighted by molar-refractivity contribution is 7.89. The second-order valence-electron chi connectivity index (χ2n) is 3.43. The third-order valence-corrected chi connectivity index (χ3v) is 3.16. The molecular weight excluding hydrogens is 236 g/mol. The third-order valence-electron chi connectivity index (χ3n) is 1.75. The van der Waals surface area contributed by atoms with Gasteiger partial charge in [0, 0.05) is 20.5 Å². The minimum atomic E-state index is -3.57.